The zero-order valence-electron chi connectivity index (χ0n) is 12.2. The first-order valence-electron chi connectivity index (χ1n) is 6.87. The summed E-state index contributed by atoms with van der Waals surface area (Å²) in [7, 11) is 0. The SMILES string of the molecule is Cc1ccc(-c2cc(C(=O)O)c3ccc(Br)cc3n2)cc1C. The second-order valence-corrected chi connectivity index (χ2v) is 6.24. The molecule has 3 nitrogen and oxygen atoms in total. The van der Waals surface area contributed by atoms with Gasteiger partial charge >= 0.3 is 5.97 Å². The van der Waals surface area contributed by atoms with Gasteiger partial charge in [0.25, 0.3) is 0 Å². The third-order valence-electron chi connectivity index (χ3n) is 3.80. The Bertz CT molecular complexity index is 903. The van der Waals surface area contributed by atoms with Gasteiger partial charge in [-0.15, -0.1) is 0 Å². The van der Waals surface area contributed by atoms with Gasteiger partial charge in [0, 0.05) is 15.4 Å². The summed E-state index contributed by atoms with van der Waals surface area (Å²) in [5.74, 6) is -0.945. The van der Waals surface area contributed by atoms with Gasteiger partial charge in [-0.25, -0.2) is 9.78 Å². The number of benzene rings is 2. The van der Waals surface area contributed by atoms with Crippen LogP contribution in [0.15, 0.2) is 46.9 Å². The molecule has 0 bridgehead atoms. The normalized spacial score (nSPS) is 10.9. The number of aromatic carboxylic acids is 1. The maximum atomic E-state index is 11.6. The minimum absolute atomic E-state index is 0.269. The molecule has 0 spiro atoms. The molecule has 0 fully saturated rings. The van der Waals surface area contributed by atoms with E-state index in [0.29, 0.717) is 16.6 Å². The molecule has 110 valence electrons. The molecule has 22 heavy (non-hydrogen) atoms. The van der Waals surface area contributed by atoms with Crippen molar-refractivity contribution in [2.75, 3.05) is 0 Å². The highest BCUT2D eigenvalue weighted by atomic mass is 79.9. The van der Waals surface area contributed by atoms with Gasteiger partial charge in [0.1, 0.15) is 0 Å². The molecule has 0 saturated carbocycles. The largest absolute Gasteiger partial charge is 0.478 e. The first-order valence-corrected chi connectivity index (χ1v) is 7.66. The van der Waals surface area contributed by atoms with Crippen molar-refractivity contribution >= 4 is 32.8 Å². The van der Waals surface area contributed by atoms with Crippen molar-refractivity contribution in [2.24, 2.45) is 0 Å². The van der Waals surface area contributed by atoms with Crippen LogP contribution in [0.4, 0.5) is 0 Å². The molecule has 0 atom stereocenters. The van der Waals surface area contributed by atoms with E-state index in [9.17, 15) is 9.90 Å². The van der Waals surface area contributed by atoms with E-state index in [1.807, 2.05) is 44.2 Å². The predicted molar refractivity (Wildman–Crippen MR) is 91.3 cm³/mol. The number of nitrogens with zero attached hydrogens (tertiary/aromatic N) is 1. The molecule has 0 radical (unpaired) electrons. The van der Waals surface area contributed by atoms with Crippen LogP contribution in [0.5, 0.6) is 0 Å². The van der Waals surface area contributed by atoms with Gasteiger partial charge in [-0.1, -0.05) is 34.1 Å². The van der Waals surface area contributed by atoms with Gasteiger partial charge in [-0.3, -0.25) is 0 Å². The quantitative estimate of drug-likeness (QED) is 0.705. The number of rotatable bonds is 2. The molecule has 4 heteroatoms. The third kappa shape index (κ3) is 2.62. The molecule has 0 aliphatic carbocycles. The van der Waals surface area contributed by atoms with E-state index < -0.39 is 5.97 Å². The molecule has 1 N–H and O–H groups in total. The number of aryl methyl sites for hydroxylation is 2. The van der Waals surface area contributed by atoms with Crippen LogP contribution >= 0.6 is 15.9 Å². The number of fused-ring (bicyclic) bond motifs is 1. The number of hydrogen-bond donors (Lipinski definition) is 1. The first-order chi connectivity index (χ1) is 10.5. The molecule has 0 aliphatic rings. The lowest BCUT2D eigenvalue weighted by Crippen LogP contribution is -2.00. The average Bonchev–Trinajstić information content (AvgIpc) is 2.48. The molecular formula is C18H14BrNO2. The highest BCUT2D eigenvalue weighted by molar-refractivity contribution is 9.10. The molecule has 0 aliphatic heterocycles. The van der Waals surface area contributed by atoms with Crippen LogP contribution in [-0.4, -0.2) is 16.1 Å². The van der Waals surface area contributed by atoms with Gasteiger partial charge in [0.15, 0.2) is 0 Å². The lowest BCUT2D eigenvalue weighted by molar-refractivity contribution is 0.0699. The summed E-state index contributed by atoms with van der Waals surface area (Å²) in [6.45, 7) is 4.08. The molecule has 3 rings (SSSR count). The predicted octanol–water partition coefficient (Wildman–Crippen LogP) is 4.98. The van der Waals surface area contributed by atoms with E-state index in [-0.39, 0.29) is 5.56 Å². The Kier molecular flexibility index (Phi) is 3.71. The highest BCUT2D eigenvalue weighted by Gasteiger charge is 2.13. The number of carboxylic acid groups (broad SMARTS) is 1. The summed E-state index contributed by atoms with van der Waals surface area (Å²) >= 11 is 3.41. The van der Waals surface area contributed by atoms with E-state index in [4.69, 9.17) is 0 Å². The second-order valence-electron chi connectivity index (χ2n) is 5.32. The standard InChI is InChI=1S/C18H14BrNO2/c1-10-3-4-12(7-11(10)2)16-9-15(18(21)22)14-6-5-13(19)8-17(14)20-16/h3-9H,1-2H3,(H,21,22). The maximum absolute atomic E-state index is 11.6. The summed E-state index contributed by atoms with van der Waals surface area (Å²) in [6.07, 6.45) is 0. The van der Waals surface area contributed by atoms with E-state index in [1.165, 1.54) is 5.56 Å². The van der Waals surface area contributed by atoms with Crippen molar-refractivity contribution in [1.29, 1.82) is 0 Å². The van der Waals surface area contributed by atoms with E-state index in [0.717, 1.165) is 15.6 Å². The van der Waals surface area contributed by atoms with Crippen molar-refractivity contribution in [2.45, 2.75) is 13.8 Å². The van der Waals surface area contributed by atoms with Gasteiger partial charge < -0.3 is 5.11 Å². The van der Waals surface area contributed by atoms with E-state index in [2.05, 4.69) is 20.9 Å². The number of pyridine rings is 1. The van der Waals surface area contributed by atoms with Crippen LogP contribution in [0.3, 0.4) is 0 Å². The fourth-order valence-corrected chi connectivity index (χ4v) is 2.78. The maximum Gasteiger partial charge on any atom is 0.336 e. The molecule has 1 aromatic heterocycles. The molecule has 3 aromatic rings. The van der Waals surface area contributed by atoms with Gasteiger partial charge in [0.05, 0.1) is 16.8 Å². The monoisotopic (exact) mass is 355 g/mol. The summed E-state index contributed by atoms with van der Waals surface area (Å²) in [6, 6.07) is 13.1. The lowest BCUT2D eigenvalue weighted by Gasteiger charge is -2.09. The van der Waals surface area contributed by atoms with E-state index >= 15 is 0 Å². The highest BCUT2D eigenvalue weighted by Crippen LogP contribution is 2.28. The smallest absolute Gasteiger partial charge is 0.336 e. The molecule has 0 unspecified atom stereocenters. The third-order valence-corrected chi connectivity index (χ3v) is 4.30. The number of carbonyl (C=O) groups is 1. The summed E-state index contributed by atoms with van der Waals surface area (Å²) in [5.41, 5.74) is 4.89. The van der Waals surface area contributed by atoms with Crippen LogP contribution in [0, 0.1) is 13.8 Å². The number of hydrogen-bond acceptors (Lipinski definition) is 2. The minimum Gasteiger partial charge on any atom is -0.478 e. The fraction of sp³-hybridized carbons (Fsp3) is 0.111. The summed E-state index contributed by atoms with van der Waals surface area (Å²) in [4.78, 5) is 16.2. The lowest BCUT2D eigenvalue weighted by atomic mass is 10.0. The Hall–Kier alpha value is -2.20. The zero-order valence-corrected chi connectivity index (χ0v) is 13.8. The van der Waals surface area contributed by atoms with Crippen LogP contribution < -0.4 is 0 Å². The molecular weight excluding hydrogens is 342 g/mol. The van der Waals surface area contributed by atoms with Gasteiger partial charge in [-0.2, -0.15) is 0 Å². The van der Waals surface area contributed by atoms with Gasteiger partial charge in [-0.05, 0) is 49.2 Å². The van der Waals surface area contributed by atoms with Crippen LogP contribution in [0.2, 0.25) is 0 Å². The summed E-state index contributed by atoms with van der Waals surface area (Å²) in [5, 5.41) is 10.1. The van der Waals surface area contributed by atoms with Crippen molar-refractivity contribution < 1.29 is 9.90 Å². The Balaban J connectivity index is 2.30. The molecule has 2 aromatic carbocycles. The van der Waals surface area contributed by atoms with Crippen LogP contribution in [0.1, 0.15) is 21.5 Å². The number of aromatic nitrogens is 1. The van der Waals surface area contributed by atoms with Crippen LogP contribution in [0.25, 0.3) is 22.2 Å². The van der Waals surface area contributed by atoms with Gasteiger partial charge in [0.2, 0.25) is 0 Å². The molecule has 1 heterocycles. The zero-order chi connectivity index (χ0) is 15.9. The topological polar surface area (TPSA) is 50.2 Å². The number of halogens is 1. The van der Waals surface area contributed by atoms with Crippen LogP contribution in [-0.2, 0) is 0 Å². The fourth-order valence-electron chi connectivity index (χ4n) is 2.43. The van der Waals surface area contributed by atoms with Crippen molar-refractivity contribution in [3.63, 3.8) is 0 Å². The average molecular weight is 356 g/mol. The van der Waals surface area contributed by atoms with E-state index in [1.54, 1.807) is 12.1 Å². The van der Waals surface area contributed by atoms with Crippen molar-refractivity contribution in [1.82, 2.24) is 4.98 Å². The summed E-state index contributed by atoms with van der Waals surface area (Å²) < 4.78 is 0.876. The first kappa shape index (κ1) is 14.7. The molecule has 0 saturated heterocycles. The van der Waals surface area contributed by atoms with Crippen molar-refractivity contribution in [3.8, 4) is 11.3 Å². The van der Waals surface area contributed by atoms with Crippen molar-refractivity contribution in [3.05, 3.63) is 63.6 Å². The second kappa shape index (κ2) is 5.54. The Labute approximate surface area is 136 Å². The number of carboxylic acids is 1. The molecule has 0 amide bonds. The minimum atomic E-state index is -0.945. The Morgan fingerprint density at radius 3 is 2.50 bits per heavy atom. The Morgan fingerprint density at radius 2 is 1.82 bits per heavy atom. The Morgan fingerprint density at radius 1 is 1.05 bits per heavy atom.